The minimum Gasteiger partial charge on any atom is -0.508 e. The Morgan fingerprint density at radius 1 is 0.422 bits per heavy atom. The van der Waals surface area contributed by atoms with Crippen molar-refractivity contribution >= 4 is 93.9 Å². The lowest BCUT2D eigenvalue weighted by atomic mass is 9.90. The third kappa shape index (κ3) is 24.8. The van der Waals surface area contributed by atoms with Crippen molar-refractivity contribution in [1.29, 1.82) is 0 Å². The first-order valence-corrected chi connectivity index (χ1v) is 43.8. The SMILES string of the molecule is CC(C)CO[C@H]1C[C@@H](C(=O)N2C[C@@H](OCCCN=C(N)N)C[C@H]2C(=O)N2C[C@@H](OCCCN=C(N)N)C[C@H]2C(=O)N2C[C@@H](OCC(C)C)C[C@H]2C(=O)N2C[C@@H](OCCCN=C(N)N)C[C@H]2C(=O)N2C[C@@H](OCCCN=C(N)N)C[C@H]2C(=O)N2C[C@@H](OCC(C)C)C[C@H]2C(N)=O)N(C(=O)CNC(=O)c2ccc(-c3c4ccc(=O)cc-4oc4cc(O)ccc34)c(C(=O)O)c2)C1. The number of nitrogens with one attached hydrogen (secondary N) is 1. The zero-order chi connectivity index (χ0) is 92.5. The summed E-state index contributed by atoms with van der Waals surface area (Å²) in [7, 11) is 0. The number of phenols is 1. The van der Waals surface area contributed by atoms with Gasteiger partial charge in [-0.1, -0.05) is 47.6 Å². The van der Waals surface area contributed by atoms with Gasteiger partial charge in [0.05, 0.1) is 54.8 Å². The molecule has 7 fully saturated rings. The highest BCUT2D eigenvalue weighted by atomic mass is 16.5. The number of fused-ring (bicyclic) bond motifs is 2. The quantitative estimate of drug-likeness (QED) is 0.0106. The lowest BCUT2D eigenvalue weighted by Gasteiger charge is -2.36. The number of ether oxygens (including phenoxy) is 7. The number of phenolic OH excluding ortho intramolecular Hbond substituents is 1. The summed E-state index contributed by atoms with van der Waals surface area (Å²) in [5, 5.41) is 24.2. The highest BCUT2D eigenvalue weighted by molar-refractivity contribution is 6.10. The van der Waals surface area contributed by atoms with Gasteiger partial charge in [-0.15, -0.1) is 0 Å². The minimum atomic E-state index is -1.43. The second kappa shape index (κ2) is 44.4. The number of aromatic carboxylic acids is 1. The molecule has 42 heteroatoms. The highest BCUT2D eigenvalue weighted by Crippen LogP contribution is 2.44. The number of benzene rings is 3. The van der Waals surface area contributed by atoms with Gasteiger partial charge in [-0.2, -0.15) is 0 Å². The molecular weight excluding hydrogens is 1660 g/mol. The van der Waals surface area contributed by atoms with Crippen molar-refractivity contribution in [2.24, 2.45) is 89.3 Å². The molecule has 21 N–H and O–H groups in total. The van der Waals surface area contributed by atoms with Crippen LogP contribution in [0, 0.1) is 17.8 Å². The van der Waals surface area contributed by atoms with E-state index in [0.717, 1.165) is 6.07 Å². The predicted octanol–water partition coefficient (Wildman–Crippen LogP) is -1.29. The van der Waals surface area contributed by atoms with Crippen molar-refractivity contribution in [3.05, 3.63) is 75.9 Å². The second-order valence-corrected chi connectivity index (χ2v) is 34.9. The van der Waals surface area contributed by atoms with E-state index in [9.17, 15) is 29.4 Å². The van der Waals surface area contributed by atoms with E-state index in [-0.39, 0.29) is 232 Å². The van der Waals surface area contributed by atoms with E-state index in [1.807, 2.05) is 41.5 Å². The standard InChI is InChI=1S/C86H125N21O21/c1-46(2)43-125-56-28-63(74(87)111)102(41-56)77(114)65-29-52(121-21-7-17-96-83(88)89)38-104(65)79(116)67-31-54(123-23-9-19-98-85(92)93)40-106(67)81(118)69-34-58(127-45-48(5)6)42-107(69)80(117)68-32-55(124-24-10-20-99-86(94)95)39-105(68)78(115)66-30-53(122-22-8-18-97-84(90)91)37-103(66)76(113)64-33-57(126-44-47(3)4)36-101(64)72(110)35-100-75(112)49-11-14-59(62(25-49)82(119)120)73-60-15-12-50(108)26-70(60)128-71-27-51(109)13-16-61(71)73/h11-16,25-27,46-48,52-58,63-69,108H,7-10,17-24,28-45H2,1-6H3,(H2,87,111)(H,100,112)(H,119,120)(H4,88,89,96)(H4,90,91,97)(H4,92,93,98)(H4,94,95,99)/t52-,53-,54-,55-,56-,57-,58-,63-,64-,65-,66-,67-,68-,69-/m0/s1. The molecule has 2 aromatic rings. The molecule has 0 radical (unpaired) electrons. The van der Waals surface area contributed by atoms with Gasteiger partial charge < -0.3 is 139 Å². The van der Waals surface area contributed by atoms with Crippen molar-refractivity contribution in [1.82, 2.24) is 39.6 Å². The second-order valence-electron chi connectivity index (χ2n) is 34.9. The summed E-state index contributed by atoms with van der Waals surface area (Å²) < 4.78 is 50.8. The fourth-order valence-electron chi connectivity index (χ4n) is 17.7. The van der Waals surface area contributed by atoms with Crippen LogP contribution in [0.4, 0.5) is 0 Å². The lowest BCUT2D eigenvalue weighted by Crippen LogP contribution is -2.59. The average molecular weight is 1790 g/mol. The predicted molar refractivity (Wildman–Crippen MR) is 469 cm³/mol. The number of carbonyl (C=O) groups excluding carboxylic acids is 9. The molecule has 128 heavy (non-hydrogen) atoms. The third-order valence-electron chi connectivity index (χ3n) is 23.6. The number of hydrogen-bond acceptors (Lipinski definition) is 24. The van der Waals surface area contributed by atoms with Crippen molar-refractivity contribution < 1.29 is 95.7 Å². The summed E-state index contributed by atoms with van der Waals surface area (Å²) >= 11 is 0. The fraction of sp³-hybridized carbons (Fsp3) is 0.616. The molecule has 42 nitrogen and oxygen atoms in total. The van der Waals surface area contributed by atoms with Crippen LogP contribution in [-0.2, 0) is 71.5 Å². The Hall–Kier alpha value is -11.6. The normalized spacial score (nSPS) is 24.0. The molecule has 0 saturated carbocycles. The number of rotatable bonds is 41. The van der Waals surface area contributed by atoms with Crippen LogP contribution in [-0.4, -0.2) is 337 Å². The Kier molecular flexibility index (Phi) is 33.7. The molecule has 2 aromatic carbocycles. The first kappa shape index (κ1) is 97.1. The number of carbonyl (C=O) groups is 10. The maximum absolute atomic E-state index is 16.5. The van der Waals surface area contributed by atoms with E-state index in [4.69, 9.17) is 89.2 Å². The summed E-state index contributed by atoms with van der Waals surface area (Å²) in [5.41, 5.74) is 51.4. The van der Waals surface area contributed by atoms with Crippen LogP contribution in [0.15, 0.2) is 83.8 Å². The van der Waals surface area contributed by atoms with Crippen molar-refractivity contribution in [3.8, 4) is 28.2 Å². The summed E-state index contributed by atoms with van der Waals surface area (Å²) in [6.07, 6.45) is -4.37. The topological polar surface area (TPSA) is 624 Å². The number of primary amides is 1. The number of nitrogens with zero attached hydrogens (tertiary/aromatic N) is 11. The number of hydrogen-bond donors (Lipinski definition) is 12. The molecular formula is C86H125N21O21. The van der Waals surface area contributed by atoms with E-state index in [1.54, 1.807) is 0 Å². The number of guanidine groups is 4. The summed E-state index contributed by atoms with van der Waals surface area (Å²) in [6, 6.07) is 3.00. The number of aliphatic imine (C=N–C) groups is 4. The molecule has 1 aliphatic carbocycles. The maximum Gasteiger partial charge on any atom is 0.336 e. The number of nitrogens with two attached hydrogens (primary N) is 9. The van der Waals surface area contributed by atoms with Crippen LogP contribution in [0.3, 0.4) is 0 Å². The summed E-state index contributed by atoms with van der Waals surface area (Å²) in [6.45, 7) is 11.8. The van der Waals surface area contributed by atoms with E-state index in [2.05, 4.69) is 25.3 Å². The monoisotopic (exact) mass is 1790 g/mol. The van der Waals surface area contributed by atoms with Gasteiger partial charge in [0.15, 0.2) is 29.3 Å². The molecule has 8 heterocycles. The van der Waals surface area contributed by atoms with Crippen molar-refractivity contribution in [3.63, 3.8) is 0 Å². The number of carboxylic acids is 1. The molecule has 8 aliphatic heterocycles. The van der Waals surface area contributed by atoms with Crippen LogP contribution in [0.25, 0.3) is 33.4 Å². The Bertz CT molecular complexity index is 4780. The van der Waals surface area contributed by atoms with Gasteiger partial charge in [0.25, 0.3) is 5.91 Å². The third-order valence-corrected chi connectivity index (χ3v) is 23.6. The van der Waals surface area contributed by atoms with Crippen LogP contribution in [0.2, 0.25) is 0 Å². The molecule has 0 spiro atoms. The molecule has 7 saturated heterocycles. The Morgan fingerprint density at radius 2 is 0.750 bits per heavy atom. The first-order chi connectivity index (χ1) is 61.0. The van der Waals surface area contributed by atoms with E-state index in [1.165, 1.54) is 82.8 Å². The summed E-state index contributed by atoms with van der Waals surface area (Å²) in [5.74, 6) is -8.32. The Morgan fingerprint density at radius 3 is 1.09 bits per heavy atom. The van der Waals surface area contributed by atoms with E-state index < -0.39 is 156 Å². The highest BCUT2D eigenvalue weighted by Gasteiger charge is 2.57. The number of amides is 9. The Balaban J connectivity index is 0.902. The molecule has 14 atom stereocenters. The van der Waals surface area contributed by atoms with Crippen LogP contribution < -0.4 is 62.3 Å². The van der Waals surface area contributed by atoms with Gasteiger partial charge in [0.1, 0.15) is 59.4 Å². The van der Waals surface area contributed by atoms with Gasteiger partial charge >= 0.3 is 5.97 Å². The summed E-state index contributed by atoms with van der Waals surface area (Å²) in [4.78, 5) is 191. The van der Waals surface area contributed by atoms with Crippen LogP contribution in [0.1, 0.15) is 133 Å². The molecule has 700 valence electrons. The molecule has 9 aliphatic rings. The molecule has 11 rings (SSSR count). The zero-order valence-corrected chi connectivity index (χ0v) is 73.5. The van der Waals surface area contributed by atoms with Gasteiger partial charge in [-0.3, -0.25) is 67.9 Å². The zero-order valence-electron chi connectivity index (χ0n) is 73.5. The van der Waals surface area contributed by atoms with Crippen LogP contribution >= 0.6 is 0 Å². The number of likely N-dealkylation sites (tertiary alicyclic amines) is 7. The van der Waals surface area contributed by atoms with Crippen molar-refractivity contribution in [2.45, 2.75) is 197 Å². The molecule has 0 bridgehead atoms. The van der Waals surface area contributed by atoms with Crippen LogP contribution in [0.5, 0.6) is 5.75 Å². The smallest absolute Gasteiger partial charge is 0.336 e. The van der Waals surface area contributed by atoms with Gasteiger partial charge in [-0.05, 0) is 85.4 Å². The lowest BCUT2D eigenvalue weighted by molar-refractivity contribution is -0.155. The van der Waals surface area contributed by atoms with E-state index in [0.29, 0.717) is 48.8 Å². The number of carboxylic acid groups (broad SMARTS) is 1. The van der Waals surface area contributed by atoms with Gasteiger partial charge in [-0.25, -0.2) is 4.79 Å². The first-order valence-electron chi connectivity index (χ1n) is 43.8. The minimum absolute atomic E-state index is 0.000633. The molecule has 0 unspecified atom stereocenters. The molecule has 9 amide bonds. The van der Waals surface area contributed by atoms with Crippen molar-refractivity contribution in [2.75, 3.05) is 125 Å². The van der Waals surface area contributed by atoms with Gasteiger partial charge in [0, 0.05) is 197 Å². The van der Waals surface area contributed by atoms with Gasteiger partial charge in [0.2, 0.25) is 47.3 Å². The fourth-order valence-corrected chi connectivity index (χ4v) is 17.7. The molecule has 0 aromatic heterocycles. The largest absolute Gasteiger partial charge is 0.508 e. The average Bonchev–Trinajstić information content (AvgIpc) is 1.29. The van der Waals surface area contributed by atoms with E-state index >= 15 is 33.6 Å². The maximum atomic E-state index is 16.5. The number of aromatic hydroxyl groups is 1. The Labute approximate surface area is 741 Å².